The van der Waals surface area contributed by atoms with Gasteiger partial charge in [-0.1, -0.05) is 13.8 Å². The zero-order valence-electron chi connectivity index (χ0n) is 12.8. The molecular formula is C16H30O3. The van der Waals surface area contributed by atoms with E-state index in [0.717, 1.165) is 51.6 Å². The predicted octanol–water partition coefficient (Wildman–Crippen LogP) is 3.29. The summed E-state index contributed by atoms with van der Waals surface area (Å²) in [6.45, 7) is 5.51. The molecule has 1 N–H and O–H groups in total. The van der Waals surface area contributed by atoms with Crippen LogP contribution < -0.4 is 0 Å². The van der Waals surface area contributed by atoms with E-state index in [1.54, 1.807) is 7.11 Å². The maximum atomic E-state index is 10.6. The van der Waals surface area contributed by atoms with Gasteiger partial charge in [0, 0.05) is 13.7 Å². The summed E-state index contributed by atoms with van der Waals surface area (Å²) in [5.41, 5.74) is 0.0877. The third-order valence-electron chi connectivity index (χ3n) is 5.25. The SMILES string of the molecule is COC1(C(O)CCC2CCCO2)CCC(C)(C)CC1. The van der Waals surface area contributed by atoms with Gasteiger partial charge in [0.05, 0.1) is 17.8 Å². The summed E-state index contributed by atoms with van der Waals surface area (Å²) in [7, 11) is 1.76. The van der Waals surface area contributed by atoms with E-state index in [0.29, 0.717) is 11.5 Å². The van der Waals surface area contributed by atoms with E-state index in [1.807, 2.05) is 0 Å². The van der Waals surface area contributed by atoms with Gasteiger partial charge in [-0.15, -0.1) is 0 Å². The van der Waals surface area contributed by atoms with Crippen LogP contribution in [0.3, 0.4) is 0 Å². The van der Waals surface area contributed by atoms with Crippen LogP contribution in [0.4, 0.5) is 0 Å². The minimum absolute atomic E-state index is 0.311. The average molecular weight is 270 g/mol. The lowest BCUT2D eigenvalue weighted by Crippen LogP contribution is -2.48. The van der Waals surface area contributed by atoms with Crippen LogP contribution in [0.2, 0.25) is 0 Å². The van der Waals surface area contributed by atoms with Crippen LogP contribution in [0.15, 0.2) is 0 Å². The summed E-state index contributed by atoms with van der Waals surface area (Å²) >= 11 is 0. The zero-order chi connectivity index (χ0) is 13.9. The fourth-order valence-electron chi connectivity index (χ4n) is 3.50. The van der Waals surface area contributed by atoms with Gasteiger partial charge in [0.25, 0.3) is 0 Å². The monoisotopic (exact) mass is 270 g/mol. The van der Waals surface area contributed by atoms with Gasteiger partial charge in [0.1, 0.15) is 0 Å². The van der Waals surface area contributed by atoms with Crippen LogP contribution in [0.25, 0.3) is 0 Å². The molecule has 3 nitrogen and oxygen atoms in total. The van der Waals surface area contributed by atoms with E-state index in [-0.39, 0.29) is 11.7 Å². The third-order valence-corrected chi connectivity index (χ3v) is 5.25. The maximum Gasteiger partial charge on any atom is 0.0936 e. The molecule has 1 aliphatic heterocycles. The van der Waals surface area contributed by atoms with Crippen molar-refractivity contribution in [2.75, 3.05) is 13.7 Å². The number of rotatable bonds is 5. The molecule has 112 valence electrons. The largest absolute Gasteiger partial charge is 0.390 e. The number of hydrogen-bond acceptors (Lipinski definition) is 3. The molecule has 19 heavy (non-hydrogen) atoms. The number of methoxy groups -OCH3 is 1. The van der Waals surface area contributed by atoms with Gasteiger partial charge < -0.3 is 14.6 Å². The predicted molar refractivity (Wildman–Crippen MR) is 76.2 cm³/mol. The number of ether oxygens (including phenoxy) is 2. The Bertz CT molecular complexity index is 272. The minimum atomic E-state index is -0.349. The van der Waals surface area contributed by atoms with Gasteiger partial charge >= 0.3 is 0 Å². The molecule has 2 aliphatic rings. The molecular weight excluding hydrogens is 240 g/mol. The van der Waals surface area contributed by atoms with E-state index >= 15 is 0 Å². The van der Waals surface area contributed by atoms with Crippen LogP contribution >= 0.6 is 0 Å². The second-order valence-electron chi connectivity index (χ2n) is 7.16. The molecule has 3 heteroatoms. The van der Waals surface area contributed by atoms with Crippen molar-refractivity contribution >= 4 is 0 Å². The molecule has 0 aromatic heterocycles. The van der Waals surface area contributed by atoms with Crippen molar-refractivity contribution in [2.45, 2.75) is 83.0 Å². The zero-order valence-corrected chi connectivity index (χ0v) is 12.8. The molecule has 1 saturated heterocycles. The van der Waals surface area contributed by atoms with Crippen molar-refractivity contribution in [1.29, 1.82) is 0 Å². The van der Waals surface area contributed by atoms with Gasteiger partial charge in [-0.25, -0.2) is 0 Å². The Morgan fingerprint density at radius 2 is 1.95 bits per heavy atom. The van der Waals surface area contributed by atoms with Gasteiger partial charge in [0.2, 0.25) is 0 Å². The minimum Gasteiger partial charge on any atom is -0.390 e. The van der Waals surface area contributed by atoms with Crippen LogP contribution in [-0.2, 0) is 9.47 Å². The summed E-state index contributed by atoms with van der Waals surface area (Å²) in [6.07, 6.45) is 8.34. The lowest BCUT2D eigenvalue weighted by Gasteiger charge is -2.45. The van der Waals surface area contributed by atoms with Gasteiger partial charge in [-0.05, 0) is 56.8 Å². The van der Waals surface area contributed by atoms with Crippen LogP contribution in [-0.4, -0.2) is 36.6 Å². The van der Waals surface area contributed by atoms with Crippen LogP contribution in [0.1, 0.15) is 65.2 Å². The first-order chi connectivity index (χ1) is 8.97. The Balaban J connectivity index is 1.85. The van der Waals surface area contributed by atoms with Crippen LogP contribution in [0, 0.1) is 5.41 Å². The normalized spacial score (nSPS) is 31.3. The lowest BCUT2D eigenvalue weighted by atomic mass is 9.68. The topological polar surface area (TPSA) is 38.7 Å². The molecule has 0 amide bonds. The van der Waals surface area contributed by atoms with Gasteiger partial charge in [0.15, 0.2) is 0 Å². The second kappa shape index (κ2) is 6.11. The lowest BCUT2D eigenvalue weighted by molar-refractivity contribution is -0.140. The molecule has 0 aromatic rings. The molecule has 0 spiro atoms. The Kier molecular flexibility index (Phi) is 4.91. The first-order valence-corrected chi connectivity index (χ1v) is 7.82. The Hall–Kier alpha value is -0.120. The Morgan fingerprint density at radius 3 is 2.47 bits per heavy atom. The molecule has 0 aromatic carbocycles. The standard InChI is InChI=1S/C16H30O3/c1-15(2)8-10-16(18-3,11-9-15)14(17)7-6-13-5-4-12-19-13/h13-14,17H,4-12H2,1-3H3. The smallest absolute Gasteiger partial charge is 0.0936 e. The van der Waals surface area contributed by atoms with E-state index in [9.17, 15) is 5.11 Å². The van der Waals surface area contributed by atoms with Crippen molar-refractivity contribution < 1.29 is 14.6 Å². The highest BCUT2D eigenvalue weighted by Gasteiger charge is 2.43. The summed E-state index contributed by atoms with van der Waals surface area (Å²) in [5, 5.41) is 10.6. The molecule has 1 aliphatic carbocycles. The summed E-state index contributed by atoms with van der Waals surface area (Å²) < 4.78 is 11.4. The number of hydrogen-bond donors (Lipinski definition) is 1. The third kappa shape index (κ3) is 3.71. The molecule has 2 unspecified atom stereocenters. The van der Waals surface area contributed by atoms with E-state index in [2.05, 4.69) is 13.8 Å². The fourth-order valence-corrected chi connectivity index (χ4v) is 3.50. The van der Waals surface area contributed by atoms with E-state index in [4.69, 9.17) is 9.47 Å². The van der Waals surface area contributed by atoms with Crippen molar-refractivity contribution in [3.8, 4) is 0 Å². The molecule has 0 radical (unpaired) electrons. The van der Waals surface area contributed by atoms with E-state index in [1.165, 1.54) is 6.42 Å². The van der Waals surface area contributed by atoms with Gasteiger partial charge in [-0.3, -0.25) is 0 Å². The highest BCUT2D eigenvalue weighted by atomic mass is 16.5. The van der Waals surface area contributed by atoms with Crippen molar-refractivity contribution in [1.82, 2.24) is 0 Å². The Labute approximate surface area is 117 Å². The van der Waals surface area contributed by atoms with Crippen molar-refractivity contribution in [3.05, 3.63) is 0 Å². The molecule has 1 heterocycles. The number of aliphatic hydroxyl groups is 1. The molecule has 1 saturated carbocycles. The number of aliphatic hydroxyl groups excluding tert-OH is 1. The summed E-state index contributed by atoms with van der Waals surface area (Å²) in [5.74, 6) is 0. The van der Waals surface area contributed by atoms with Crippen molar-refractivity contribution in [3.63, 3.8) is 0 Å². The highest BCUT2D eigenvalue weighted by Crippen LogP contribution is 2.44. The van der Waals surface area contributed by atoms with Gasteiger partial charge in [-0.2, -0.15) is 0 Å². The molecule has 2 rings (SSSR count). The average Bonchev–Trinajstić information content (AvgIpc) is 2.90. The van der Waals surface area contributed by atoms with E-state index < -0.39 is 0 Å². The highest BCUT2D eigenvalue weighted by molar-refractivity contribution is 4.95. The summed E-state index contributed by atoms with van der Waals surface area (Å²) in [6, 6.07) is 0. The fraction of sp³-hybridized carbons (Fsp3) is 1.00. The van der Waals surface area contributed by atoms with Crippen LogP contribution in [0.5, 0.6) is 0 Å². The first-order valence-electron chi connectivity index (χ1n) is 7.82. The maximum absolute atomic E-state index is 10.6. The molecule has 0 bridgehead atoms. The summed E-state index contributed by atoms with van der Waals surface area (Å²) in [4.78, 5) is 0. The van der Waals surface area contributed by atoms with Crippen molar-refractivity contribution in [2.24, 2.45) is 5.41 Å². The molecule has 2 fully saturated rings. The second-order valence-corrected chi connectivity index (χ2v) is 7.16. The Morgan fingerprint density at radius 1 is 1.26 bits per heavy atom. The molecule has 2 atom stereocenters. The quantitative estimate of drug-likeness (QED) is 0.833. The first kappa shape index (κ1) is 15.3.